The Hall–Kier alpha value is -3.52. The molecule has 33 heavy (non-hydrogen) atoms. The topological polar surface area (TPSA) is 62.1 Å². The third-order valence-electron chi connectivity index (χ3n) is 4.94. The molecule has 0 fully saturated rings. The number of amides is 1. The van der Waals surface area contributed by atoms with Gasteiger partial charge in [0.25, 0.3) is 5.91 Å². The molecule has 5 nitrogen and oxygen atoms in total. The summed E-state index contributed by atoms with van der Waals surface area (Å²) in [7, 11) is 1.46. The van der Waals surface area contributed by atoms with Gasteiger partial charge in [0.1, 0.15) is 5.75 Å². The van der Waals surface area contributed by atoms with E-state index >= 15 is 0 Å². The van der Waals surface area contributed by atoms with Crippen molar-refractivity contribution >= 4 is 28.9 Å². The number of hydrogen-bond donors (Lipinski definition) is 1. The Morgan fingerprint density at radius 3 is 2.30 bits per heavy atom. The monoisotopic (exact) mass is 476 g/mol. The van der Waals surface area contributed by atoms with E-state index in [1.165, 1.54) is 24.1 Å². The molecule has 172 valence electrons. The first-order valence-corrected chi connectivity index (χ1v) is 10.2. The van der Waals surface area contributed by atoms with Gasteiger partial charge in [-0.25, -0.2) is 0 Å². The molecule has 0 aliphatic rings. The quantitative estimate of drug-likeness (QED) is 0.265. The third kappa shape index (κ3) is 5.84. The molecule has 0 aliphatic carbocycles. The number of methoxy groups -OCH3 is 1. The van der Waals surface area contributed by atoms with Gasteiger partial charge in [0.15, 0.2) is 5.71 Å². The normalized spacial score (nSPS) is 11.8. The summed E-state index contributed by atoms with van der Waals surface area (Å²) in [6.07, 6.45) is -4.21. The molecule has 0 aromatic heterocycles. The summed E-state index contributed by atoms with van der Waals surface area (Å²) in [5.74, 6) is -0.185. The highest BCUT2D eigenvalue weighted by molar-refractivity contribution is 6.50. The molecule has 0 radical (unpaired) electrons. The predicted molar refractivity (Wildman–Crippen MR) is 120 cm³/mol. The average Bonchev–Trinajstić information content (AvgIpc) is 2.81. The van der Waals surface area contributed by atoms with Crippen molar-refractivity contribution in [3.8, 4) is 5.75 Å². The molecular formula is C24H20ClF3N2O3. The lowest BCUT2D eigenvalue weighted by Gasteiger charge is -2.25. The summed E-state index contributed by atoms with van der Waals surface area (Å²) in [6, 6.07) is 17.8. The van der Waals surface area contributed by atoms with Crippen LogP contribution in [0.3, 0.4) is 0 Å². The van der Waals surface area contributed by atoms with Gasteiger partial charge in [-0.2, -0.15) is 13.2 Å². The van der Waals surface area contributed by atoms with Crippen LogP contribution in [0.5, 0.6) is 5.75 Å². The molecule has 0 saturated carbocycles. The van der Waals surface area contributed by atoms with Crippen LogP contribution in [0.1, 0.15) is 16.7 Å². The van der Waals surface area contributed by atoms with E-state index in [0.717, 1.165) is 12.1 Å². The SMILES string of the molecule is COc1ccc(Cl)c(N(CCc2ccc(C(F)(F)F)cc2)C(=O)C(=NO)c2ccccc2)c1. The number of carbonyl (C=O) groups is 1. The van der Waals surface area contributed by atoms with Gasteiger partial charge in [-0.05, 0) is 36.2 Å². The van der Waals surface area contributed by atoms with Crippen molar-refractivity contribution in [2.45, 2.75) is 12.6 Å². The minimum atomic E-state index is -4.43. The lowest BCUT2D eigenvalue weighted by atomic mass is 10.1. The zero-order valence-corrected chi connectivity index (χ0v) is 18.3. The molecule has 0 atom stereocenters. The smallest absolute Gasteiger partial charge is 0.416 e. The Balaban J connectivity index is 1.95. The lowest BCUT2D eigenvalue weighted by molar-refractivity contribution is -0.137. The molecule has 0 saturated heterocycles. The van der Waals surface area contributed by atoms with E-state index in [2.05, 4.69) is 5.16 Å². The summed E-state index contributed by atoms with van der Waals surface area (Å²) in [4.78, 5) is 14.7. The zero-order valence-electron chi connectivity index (χ0n) is 17.5. The van der Waals surface area contributed by atoms with Crippen molar-refractivity contribution in [2.24, 2.45) is 5.16 Å². The highest BCUT2D eigenvalue weighted by Gasteiger charge is 2.30. The number of carbonyl (C=O) groups excluding carboxylic acids is 1. The van der Waals surface area contributed by atoms with Crippen molar-refractivity contribution < 1.29 is 27.9 Å². The lowest BCUT2D eigenvalue weighted by Crippen LogP contribution is -2.39. The van der Waals surface area contributed by atoms with Gasteiger partial charge in [-0.15, -0.1) is 0 Å². The zero-order chi connectivity index (χ0) is 24.0. The van der Waals surface area contributed by atoms with E-state index in [1.54, 1.807) is 48.5 Å². The van der Waals surface area contributed by atoms with Gasteiger partial charge in [0.05, 0.1) is 23.4 Å². The standard InChI is InChI=1S/C24H20ClF3N2O3/c1-33-19-11-12-20(25)21(15-19)30(23(31)22(29-32)17-5-3-2-4-6-17)14-13-16-7-9-18(10-8-16)24(26,27)28/h2-12,15,32H,13-14H2,1H3. The maximum atomic E-state index is 13.4. The van der Waals surface area contributed by atoms with Crippen molar-refractivity contribution in [3.63, 3.8) is 0 Å². The molecule has 0 aliphatic heterocycles. The molecule has 0 spiro atoms. The second-order valence-electron chi connectivity index (χ2n) is 7.03. The number of hydrogen-bond acceptors (Lipinski definition) is 4. The van der Waals surface area contributed by atoms with Crippen molar-refractivity contribution in [1.82, 2.24) is 0 Å². The fourth-order valence-corrected chi connectivity index (χ4v) is 3.43. The Kier molecular flexibility index (Phi) is 7.60. The van der Waals surface area contributed by atoms with E-state index in [9.17, 15) is 23.2 Å². The summed E-state index contributed by atoms with van der Waals surface area (Å²) in [5.41, 5.74) is 0.325. The first-order chi connectivity index (χ1) is 15.7. The van der Waals surface area contributed by atoms with Crippen LogP contribution in [-0.4, -0.2) is 30.5 Å². The molecule has 3 aromatic rings. The van der Waals surface area contributed by atoms with E-state index in [-0.39, 0.29) is 23.7 Å². The fraction of sp³-hybridized carbons (Fsp3) is 0.167. The maximum absolute atomic E-state index is 13.4. The first kappa shape index (κ1) is 24.1. The van der Waals surface area contributed by atoms with Crippen molar-refractivity contribution in [1.29, 1.82) is 0 Å². The fourth-order valence-electron chi connectivity index (χ4n) is 3.21. The second-order valence-corrected chi connectivity index (χ2v) is 7.44. The molecule has 3 aromatic carbocycles. The molecule has 1 N–H and O–H groups in total. The number of nitrogens with zero attached hydrogens (tertiary/aromatic N) is 2. The number of rotatable bonds is 7. The van der Waals surface area contributed by atoms with E-state index in [0.29, 0.717) is 22.6 Å². The Bertz CT molecular complexity index is 1130. The van der Waals surface area contributed by atoms with Gasteiger partial charge in [-0.3, -0.25) is 4.79 Å². The summed E-state index contributed by atoms with van der Waals surface area (Å²) in [5, 5.41) is 13.0. The summed E-state index contributed by atoms with van der Waals surface area (Å²) >= 11 is 6.36. The minimum Gasteiger partial charge on any atom is -0.497 e. The largest absolute Gasteiger partial charge is 0.497 e. The number of ether oxygens (including phenoxy) is 1. The van der Waals surface area contributed by atoms with Crippen LogP contribution in [-0.2, 0) is 17.4 Å². The highest BCUT2D eigenvalue weighted by atomic mass is 35.5. The van der Waals surface area contributed by atoms with Crippen LogP contribution in [0.25, 0.3) is 0 Å². The van der Waals surface area contributed by atoms with Crippen LogP contribution in [0.15, 0.2) is 78.0 Å². The third-order valence-corrected chi connectivity index (χ3v) is 5.26. The highest BCUT2D eigenvalue weighted by Crippen LogP contribution is 2.32. The van der Waals surface area contributed by atoms with E-state index in [1.807, 2.05) is 0 Å². The predicted octanol–water partition coefficient (Wildman–Crippen LogP) is 5.82. The minimum absolute atomic E-state index is 0.0585. The van der Waals surface area contributed by atoms with Crippen LogP contribution in [0, 0.1) is 0 Å². The average molecular weight is 477 g/mol. The Morgan fingerprint density at radius 1 is 1.06 bits per heavy atom. The van der Waals surface area contributed by atoms with Crippen LogP contribution in [0.4, 0.5) is 18.9 Å². The number of halogens is 4. The number of oxime groups is 1. The van der Waals surface area contributed by atoms with Gasteiger partial charge < -0.3 is 14.8 Å². The van der Waals surface area contributed by atoms with Crippen LogP contribution < -0.4 is 9.64 Å². The molecule has 0 bridgehead atoms. The molecule has 0 heterocycles. The number of benzene rings is 3. The van der Waals surface area contributed by atoms with Gasteiger partial charge in [-0.1, -0.05) is 59.2 Å². The Labute approximate surface area is 193 Å². The van der Waals surface area contributed by atoms with Gasteiger partial charge in [0, 0.05) is 18.2 Å². The van der Waals surface area contributed by atoms with E-state index < -0.39 is 17.6 Å². The van der Waals surface area contributed by atoms with Crippen LogP contribution >= 0.6 is 11.6 Å². The molecular weight excluding hydrogens is 457 g/mol. The second kappa shape index (κ2) is 10.4. The Morgan fingerprint density at radius 2 is 1.73 bits per heavy atom. The molecule has 9 heteroatoms. The van der Waals surface area contributed by atoms with Crippen molar-refractivity contribution in [3.05, 3.63) is 94.5 Å². The van der Waals surface area contributed by atoms with Crippen LogP contribution in [0.2, 0.25) is 5.02 Å². The van der Waals surface area contributed by atoms with Gasteiger partial charge in [0.2, 0.25) is 0 Å². The summed E-state index contributed by atoms with van der Waals surface area (Å²) < 4.78 is 43.8. The van der Waals surface area contributed by atoms with Crippen molar-refractivity contribution in [2.75, 3.05) is 18.6 Å². The number of anilines is 1. The van der Waals surface area contributed by atoms with E-state index in [4.69, 9.17) is 16.3 Å². The van der Waals surface area contributed by atoms with Gasteiger partial charge >= 0.3 is 6.18 Å². The maximum Gasteiger partial charge on any atom is 0.416 e. The molecule has 3 rings (SSSR count). The first-order valence-electron chi connectivity index (χ1n) is 9.83. The number of alkyl halides is 3. The molecule has 1 amide bonds. The summed E-state index contributed by atoms with van der Waals surface area (Å²) in [6.45, 7) is 0.0585. The molecule has 0 unspecified atom stereocenters.